The average Bonchev–Trinajstić information content (AvgIpc) is 2.41. The summed E-state index contributed by atoms with van der Waals surface area (Å²) >= 11 is 13.5. The Labute approximate surface area is 138 Å². The fraction of sp³-hybridized carbons (Fsp3) is 0.600. The highest BCUT2D eigenvalue weighted by molar-refractivity contribution is 9.09. The number of rotatable bonds is 7. The lowest BCUT2D eigenvalue weighted by atomic mass is 9.78. The monoisotopic (exact) mass is 410 g/mol. The summed E-state index contributed by atoms with van der Waals surface area (Å²) in [7, 11) is 1.77. The van der Waals surface area contributed by atoms with E-state index in [-0.39, 0.29) is 11.0 Å². The van der Waals surface area contributed by atoms with E-state index in [9.17, 15) is 0 Å². The van der Waals surface area contributed by atoms with Crippen LogP contribution in [0.4, 0.5) is 0 Å². The van der Waals surface area contributed by atoms with Crippen LogP contribution in [0.5, 0.6) is 0 Å². The highest BCUT2D eigenvalue weighted by atomic mass is 79.9. The number of hydrogen-bond acceptors (Lipinski definition) is 1. The van der Waals surface area contributed by atoms with Crippen LogP contribution in [0.15, 0.2) is 24.3 Å². The van der Waals surface area contributed by atoms with Gasteiger partial charge in [-0.25, -0.2) is 0 Å². The summed E-state index contributed by atoms with van der Waals surface area (Å²) in [6, 6.07) is 8.13. The molecule has 0 aromatic heterocycles. The Bertz CT molecular complexity index is 403. The highest BCUT2D eigenvalue weighted by Crippen LogP contribution is 2.37. The lowest BCUT2D eigenvalue weighted by Gasteiger charge is -2.34. The zero-order valence-corrected chi connectivity index (χ0v) is 15.6. The van der Waals surface area contributed by atoms with Gasteiger partial charge in [-0.15, -0.1) is 0 Å². The predicted octanol–water partition coefficient (Wildman–Crippen LogP) is 5.57. The zero-order chi connectivity index (χ0) is 14.5. The molecule has 4 heteroatoms. The SMILES string of the molecule is COC(C)(C)CCC(CBr)(CBr)c1cccc(Cl)c1. The van der Waals surface area contributed by atoms with Gasteiger partial charge in [-0.3, -0.25) is 0 Å². The smallest absolute Gasteiger partial charge is 0.0623 e. The number of methoxy groups -OCH3 is 1. The molecule has 0 saturated carbocycles. The van der Waals surface area contributed by atoms with Gasteiger partial charge in [0, 0.05) is 28.2 Å². The van der Waals surface area contributed by atoms with Crippen molar-refractivity contribution in [1.82, 2.24) is 0 Å². The second-order valence-electron chi connectivity index (χ2n) is 5.52. The molecule has 0 radical (unpaired) electrons. The molecule has 0 atom stereocenters. The number of halogens is 3. The Hall–Kier alpha value is 0.430. The number of hydrogen-bond donors (Lipinski definition) is 0. The lowest BCUT2D eigenvalue weighted by Crippen LogP contribution is -2.34. The third-order valence-corrected chi connectivity index (χ3v) is 6.09. The minimum absolute atomic E-state index is 0.0424. The first kappa shape index (κ1) is 17.5. The second-order valence-corrected chi connectivity index (χ2v) is 7.08. The fourth-order valence-corrected chi connectivity index (χ4v) is 4.26. The van der Waals surface area contributed by atoms with Crippen LogP contribution in [0.2, 0.25) is 5.02 Å². The Balaban J connectivity index is 2.97. The molecule has 0 spiro atoms. The topological polar surface area (TPSA) is 9.23 Å². The molecule has 0 heterocycles. The molecule has 0 aliphatic heterocycles. The second kappa shape index (κ2) is 7.44. The van der Waals surface area contributed by atoms with Gasteiger partial charge < -0.3 is 4.74 Å². The normalized spacial score (nSPS) is 12.7. The molecule has 0 aliphatic rings. The van der Waals surface area contributed by atoms with Gasteiger partial charge in [0.25, 0.3) is 0 Å². The van der Waals surface area contributed by atoms with Crippen LogP contribution in [0.1, 0.15) is 32.3 Å². The van der Waals surface area contributed by atoms with Gasteiger partial charge in [0.1, 0.15) is 0 Å². The first-order valence-electron chi connectivity index (χ1n) is 6.32. The van der Waals surface area contributed by atoms with Gasteiger partial charge in [0.05, 0.1) is 5.60 Å². The van der Waals surface area contributed by atoms with Gasteiger partial charge in [0.15, 0.2) is 0 Å². The van der Waals surface area contributed by atoms with Gasteiger partial charge in [-0.2, -0.15) is 0 Å². The molecular formula is C15H21Br2ClO. The molecule has 0 unspecified atom stereocenters. The minimum Gasteiger partial charge on any atom is -0.379 e. The van der Waals surface area contributed by atoms with Gasteiger partial charge in [-0.05, 0) is 44.4 Å². The maximum Gasteiger partial charge on any atom is 0.0623 e. The average molecular weight is 413 g/mol. The first-order chi connectivity index (χ1) is 8.89. The van der Waals surface area contributed by atoms with E-state index in [0.717, 1.165) is 28.5 Å². The third kappa shape index (κ3) is 4.73. The van der Waals surface area contributed by atoms with Crippen molar-refractivity contribution < 1.29 is 4.74 Å². The van der Waals surface area contributed by atoms with E-state index in [4.69, 9.17) is 16.3 Å². The largest absolute Gasteiger partial charge is 0.379 e. The number of alkyl halides is 2. The van der Waals surface area contributed by atoms with E-state index in [0.29, 0.717) is 0 Å². The highest BCUT2D eigenvalue weighted by Gasteiger charge is 2.32. The maximum absolute atomic E-state index is 6.13. The molecule has 0 saturated heterocycles. The Morgan fingerprint density at radius 2 is 1.79 bits per heavy atom. The Morgan fingerprint density at radius 1 is 1.16 bits per heavy atom. The van der Waals surface area contributed by atoms with Crippen LogP contribution >= 0.6 is 43.5 Å². The summed E-state index contributed by atoms with van der Waals surface area (Å²) in [5.41, 5.74) is 1.20. The molecule has 1 nitrogen and oxygen atoms in total. The van der Waals surface area contributed by atoms with Gasteiger partial charge >= 0.3 is 0 Å². The minimum atomic E-state index is -0.103. The van der Waals surface area contributed by atoms with Crippen molar-refractivity contribution in [3.8, 4) is 0 Å². The summed E-state index contributed by atoms with van der Waals surface area (Å²) < 4.78 is 5.52. The van der Waals surface area contributed by atoms with Crippen molar-refractivity contribution in [2.24, 2.45) is 0 Å². The van der Waals surface area contributed by atoms with Crippen molar-refractivity contribution >= 4 is 43.5 Å². The number of ether oxygens (including phenoxy) is 1. The van der Waals surface area contributed by atoms with E-state index in [1.54, 1.807) is 7.11 Å². The van der Waals surface area contributed by atoms with Crippen LogP contribution < -0.4 is 0 Å². The molecule has 1 aromatic carbocycles. The van der Waals surface area contributed by atoms with Crippen LogP contribution in [-0.4, -0.2) is 23.4 Å². The summed E-state index contributed by atoms with van der Waals surface area (Å²) in [6.45, 7) is 4.25. The maximum atomic E-state index is 6.13. The van der Waals surface area contributed by atoms with E-state index >= 15 is 0 Å². The molecule has 19 heavy (non-hydrogen) atoms. The van der Waals surface area contributed by atoms with Crippen molar-refractivity contribution in [1.29, 1.82) is 0 Å². The van der Waals surface area contributed by atoms with E-state index in [1.165, 1.54) is 5.56 Å². The standard InChI is InChI=1S/C15H21Br2ClO/c1-14(2,19-3)7-8-15(10-16,11-17)12-5-4-6-13(18)9-12/h4-6,9H,7-8,10-11H2,1-3H3. The quantitative estimate of drug-likeness (QED) is 0.532. The van der Waals surface area contributed by atoms with Crippen molar-refractivity contribution in [3.63, 3.8) is 0 Å². The van der Waals surface area contributed by atoms with Gasteiger partial charge in [0.2, 0.25) is 0 Å². The summed E-state index contributed by atoms with van der Waals surface area (Å²) in [5.74, 6) is 0. The van der Waals surface area contributed by atoms with E-state index in [1.807, 2.05) is 12.1 Å². The molecule has 0 amide bonds. The summed E-state index contributed by atoms with van der Waals surface area (Å²) in [6.07, 6.45) is 2.03. The summed E-state index contributed by atoms with van der Waals surface area (Å²) in [4.78, 5) is 0. The van der Waals surface area contributed by atoms with Crippen molar-refractivity contribution in [3.05, 3.63) is 34.9 Å². The van der Waals surface area contributed by atoms with Crippen molar-refractivity contribution in [2.45, 2.75) is 37.7 Å². The Morgan fingerprint density at radius 3 is 2.26 bits per heavy atom. The molecule has 0 bridgehead atoms. The lowest BCUT2D eigenvalue weighted by molar-refractivity contribution is 0.0102. The first-order valence-corrected chi connectivity index (χ1v) is 8.94. The van der Waals surface area contributed by atoms with Crippen LogP contribution in [0.25, 0.3) is 0 Å². The third-order valence-electron chi connectivity index (χ3n) is 3.71. The van der Waals surface area contributed by atoms with Gasteiger partial charge in [-0.1, -0.05) is 55.6 Å². The molecule has 1 rings (SSSR count). The molecule has 1 aromatic rings. The van der Waals surface area contributed by atoms with E-state index < -0.39 is 0 Å². The molecule has 0 N–H and O–H groups in total. The van der Waals surface area contributed by atoms with Crippen molar-refractivity contribution in [2.75, 3.05) is 17.8 Å². The fourth-order valence-electron chi connectivity index (χ4n) is 1.93. The molecule has 108 valence electrons. The van der Waals surface area contributed by atoms with Crippen LogP contribution in [-0.2, 0) is 10.2 Å². The van der Waals surface area contributed by atoms with Crippen LogP contribution in [0, 0.1) is 0 Å². The Kier molecular flexibility index (Phi) is 6.85. The predicted molar refractivity (Wildman–Crippen MR) is 91.0 cm³/mol. The molecule has 0 aliphatic carbocycles. The van der Waals surface area contributed by atoms with E-state index in [2.05, 4.69) is 57.8 Å². The number of benzene rings is 1. The zero-order valence-electron chi connectivity index (χ0n) is 11.7. The summed E-state index contributed by atoms with van der Waals surface area (Å²) in [5, 5.41) is 2.58. The molecular weight excluding hydrogens is 391 g/mol. The van der Waals surface area contributed by atoms with Crippen LogP contribution in [0.3, 0.4) is 0 Å². The molecule has 0 fully saturated rings.